The van der Waals surface area contributed by atoms with Crippen molar-refractivity contribution < 1.29 is 8.42 Å². The number of hydrogen-bond acceptors (Lipinski definition) is 3. The van der Waals surface area contributed by atoms with Crippen LogP contribution in [0.2, 0.25) is 0 Å². The highest BCUT2D eigenvalue weighted by molar-refractivity contribution is 7.92. The lowest BCUT2D eigenvalue weighted by atomic mass is 10.0. The Kier molecular flexibility index (Phi) is 3.83. The average Bonchev–Trinajstić information content (AvgIpc) is 2.94. The third kappa shape index (κ3) is 2.95. The van der Waals surface area contributed by atoms with Gasteiger partial charge in [0, 0.05) is 17.9 Å². The maximum atomic E-state index is 12.6. The molecule has 0 bridgehead atoms. The van der Waals surface area contributed by atoms with Gasteiger partial charge in [0.25, 0.3) is 10.0 Å². The van der Waals surface area contributed by atoms with Crippen LogP contribution in [0, 0.1) is 0 Å². The third-order valence-corrected chi connectivity index (χ3v) is 5.28. The van der Waals surface area contributed by atoms with Crippen molar-refractivity contribution in [3.63, 3.8) is 0 Å². The molecule has 0 spiro atoms. The largest absolute Gasteiger partial charge is 0.384 e. The second-order valence-corrected chi connectivity index (χ2v) is 7.56. The van der Waals surface area contributed by atoms with Gasteiger partial charge in [-0.15, -0.1) is 0 Å². The van der Waals surface area contributed by atoms with Crippen LogP contribution in [0.1, 0.15) is 30.9 Å². The van der Waals surface area contributed by atoms with Gasteiger partial charge in [-0.1, -0.05) is 26.0 Å². The Bertz CT molecular complexity index is 798. The summed E-state index contributed by atoms with van der Waals surface area (Å²) in [5, 5.41) is 3.23. The summed E-state index contributed by atoms with van der Waals surface area (Å²) in [6.07, 6.45) is 0.863. The molecule has 0 unspecified atom stereocenters. The van der Waals surface area contributed by atoms with Crippen molar-refractivity contribution in [1.29, 1.82) is 0 Å². The fourth-order valence-corrected chi connectivity index (χ4v) is 3.72. The predicted molar refractivity (Wildman–Crippen MR) is 90.0 cm³/mol. The number of fused-ring (bicyclic) bond motifs is 1. The maximum Gasteiger partial charge on any atom is 0.261 e. The van der Waals surface area contributed by atoms with Crippen LogP contribution >= 0.6 is 0 Å². The molecule has 2 aromatic rings. The minimum Gasteiger partial charge on any atom is -0.384 e. The van der Waals surface area contributed by atoms with Crippen LogP contribution in [0.25, 0.3) is 0 Å². The molecule has 0 aliphatic carbocycles. The van der Waals surface area contributed by atoms with E-state index in [0.29, 0.717) is 16.5 Å². The Morgan fingerprint density at radius 2 is 1.95 bits per heavy atom. The highest BCUT2D eigenvalue weighted by Gasteiger charge is 2.18. The van der Waals surface area contributed by atoms with E-state index in [0.717, 1.165) is 29.8 Å². The molecular weight excluding hydrogens is 296 g/mol. The molecule has 22 heavy (non-hydrogen) atoms. The van der Waals surface area contributed by atoms with E-state index in [-0.39, 0.29) is 0 Å². The van der Waals surface area contributed by atoms with Crippen LogP contribution in [-0.2, 0) is 16.4 Å². The van der Waals surface area contributed by atoms with E-state index in [9.17, 15) is 8.42 Å². The second kappa shape index (κ2) is 5.65. The fraction of sp³-hybridized carbons (Fsp3) is 0.294. The Morgan fingerprint density at radius 3 is 2.73 bits per heavy atom. The Balaban J connectivity index is 1.89. The van der Waals surface area contributed by atoms with Crippen LogP contribution < -0.4 is 10.0 Å². The summed E-state index contributed by atoms with van der Waals surface area (Å²) in [4.78, 5) is 0.310. The number of benzene rings is 2. The van der Waals surface area contributed by atoms with Gasteiger partial charge >= 0.3 is 0 Å². The van der Waals surface area contributed by atoms with Crippen LogP contribution in [0.5, 0.6) is 0 Å². The SMILES string of the molecule is CC(C)c1cccc(NS(=O)(=O)c2ccc3c(c2)CCN3)c1. The lowest BCUT2D eigenvalue weighted by Crippen LogP contribution is -2.13. The van der Waals surface area contributed by atoms with Crippen molar-refractivity contribution in [2.75, 3.05) is 16.6 Å². The van der Waals surface area contributed by atoms with Crippen LogP contribution in [-0.4, -0.2) is 15.0 Å². The zero-order valence-electron chi connectivity index (χ0n) is 12.8. The third-order valence-electron chi connectivity index (χ3n) is 3.90. The molecule has 0 atom stereocenters. The van der Waals surface area contributed by atoms with Gasteiger partial charge in [0.05, 0.1) is 4.90 Å². The van der Waals surface area contributed by atoms with Gasteiger partial charge in [-0.05, 0) is 53.8 Å². The highest BCUT2D eigenvalue weighted by atomic mass is 32.2. The van der Waals surface area contributed by atoms with Crippen molar-refractivity contribution in [3.8, 4) is 0 Å². The Hall–Kier alpha value is -2.01. The lowest BCUT2D eigenvalue weighted by Gasteiger charge is -2.12. The second-order valence-electron chi connectivity index (χ2n) is 5.88. The van der Waals surface area contributed by atoms with Gasteiger partial charge in [-0.2, -0.15) is 0 Å². The van der Waals surface area contributed by atoms with E-state index in [4.69, 9.17) is 0 Å². The first kappa shape index (κ1) is 14.9. The van der Waals surface area contributed by atoms with Gasteiger partial charge < -0.3 is 5.32 Å². The summed E-state index contributed by atoms with van der Waals surface area (Å²) in [7, 11) is -3.56. The highest BCUT2D eigenvalue weighted by Crippen LogP contribution is 2.27. The molecule has 0 amide bonds. The molecule has 0 saturated heterocycles. The molecule has 3 rings (SSSR count). The number of anilines is 2. The molecule has 1 aliphatic rings. The number of nitrogens with one attached hydrogen (secondary N) is 2. The average molecular weight is 316 g/mol. The van der Waals surface area contributed by atoms with Crippen molar-refractivity contribution in [2.45, 2.75) is 31.1 Å². The Labute approximate surface area is 131 Å². The first-order valence-corrected chi connectivity index (χ1v) is 8.93. The van der Waals surface area contributed by atoms with Crippen molar-refractivity contribution in [1.82, 2.24) is 0 Å². The van der Waals surface area contributed by atoms with Gasteiger partial charge in [0.2, 0.25) is 0 Å². The lowest BCUT2D eigenvalue weighted by molar-refractivity contribution is 0.601. The maximum absolute atomic E-state index is 12.6. The zero-order valence-corrected chi connectivity index (χ0v) is 13.6. The van der Waals surface area contributed by atoms with E-state index < -0.39 is 10.0 Å². The molecular formula is C17H20N2O2S. The van der Waals surface area contributed by atoms with Crippen LogP contribution in [0.3, 0.4) is 0 Å². The molecule has 0 aromatic heterocycles. The smallest absolute Gasteiger partial charge is 0.261 e. The minimum atomic E-state index is -3.56. The summed E-state index contributed by atoms with van der Waals surface area (Å²) in [5.41, 5.74) is 3.79. The summed E-state index contributed by atoms with van der Waals surface area (Å²) in [6.45, 7) is 5.03. The molecule has 0 saturated carbocycles. The Morgan fingerprint density at radius 1 is 1.14 bits per heavy atom. The summed E-state index contributed by atoms with van der Waals surface area (Å²) < 4.78 is 27.8. The zero-order chi connectivity index (χ0) is 15.7. The van der Waals surface area contributed by atoms with Gasteiger partial charge in [-0.3, -0.25) is 4.72 Å². The van der Waals surface area contributed by atoms with E-state index in [1.807, 2.05) is 24.3 Å². The standard InChI is InChI=1S/C17H20N2O2S/c1-12(2)13-4-3-5-15(10-13)19-22(20,21)16-6-7-17-14(11-16)8-9-18-17/h3-7,10-12,18-19H,8-9H2,1-2H3. The monoisotopic (exact) mass is 316 g/mol. The molecule has 2 N–H and O–H groups in total. The van der Waals surface area contributed by atoms with Crippen LogP contribution in [0.4, 0.5) is 11.4 Å². The van der Waals surface area contributed by atoms with E-state index >= 15 is 0 Å². The molecule has 0 fully saturated rings. The van der Waals surface area contributed by atoms with Crippen molar-refractivity contribution in [3.05, 3.63) is 53.6 Å². The fourth-order valence-electron chi connectivity index (χ4n) is 2.62. The van der Waals surface area contributed by atoms with Gasteiger partial charge in [0.15, 0.2) is 0 Å². The molecule has 116 valence electrons. The quantitative estimate of drug-likeness (QED) is 0.906. The number of hydrogen-bond donors (Lipinski definition) is 2. The van der Waals surface area contributed by atoms with E-state index in [1.54, 1.807) is 18.2 Å². The molecule has 4 nitrogen and oxygen atoms in total. The molecule has 0 radical (unpaired) electrons. The van der Waals surface area contributed by atoms with Crippen molar-refractivity contribution in [2.24, 2.45) is 0 Å². The number of rotatable bonds is 4. The van der Waals surface area contributed by atoms with Gasteiger partial charge in [-0.25, -0.2) is 8.42 Å². The topological polar surface area (TPSA) is 58.2 Å². The summed E-state index contributed by atoms with van der Waals surface area (Å²) in [5.74, 6) is 0.357. The molecule has 5 heteroatoms. The summed E-state index contributed by atoms with van der Waals surface area (Å²) in [6, 6.07) is 12.8. The molecule has 2 aromatic carbocycles. The number of sulfonamides is 1. The first-order valence-electron chi connectivity index (χ1n) is 7.45. The normalized spacial score (nSPS) is 13.8. The predicted octanol–water partition coefficient (Wildman–Crippen LogP) is 3.58. The van der Waals surface area contributed by atoms with E-state index in [1.165, 1.54) is 0 Å². The molecule has 1 heterocycles. The van der Waals surface area contributed by atoms with E-state index in [2.05, 4.69) is 23.9 Å². The van der Waals surface area contributed by atoms with Crippen LogP contribution in [0.15, 0.2) is 47.4 Å². The van der Waals surface area contributed by atoms with Gasteiger partial charge in [0.1, 0.15) is 0 Å². The summed E-state index contributed by atoms with van der Waals surface area (Å²) >= 11 is 0. The molecule has 1 aliphatic heterocycles. The minimum absolute atomic E-state index is 0.310. The first-order chi connectivity index (χ1) is 10.5. The van der Waals surface area contributed by atoms with Crippen molar-refractivity contribution >= 4 is 21.4 Å².